The van der Waals surface area contributed by atoms with Crippen molar-refractivity contribution >= 4 is 11.6 Å². The average Bonchev–Trinajstić information content (AvgIpc) is 2.36. The van der Waals surface area contributed by atoms with Crippen LogP contribution in [0.15, 0.2) is 6.20 Å². The van der Waals surface area contributed by atoms with Gasteiger partial charge in [-0.3, -0.25) is 10.6 Å². The molecule has 0 bridgehead atoms. The van der Waals surface area contributed by atoms with Gasteiger partial charge in [-0.05, 0) is 0 Å². The molecule has 6 nitrogen and oxygen atoms in total. The van der Waals surface area contributed by atoms with Gasteiger partial charge >= 0.3 is 0 Å². The molecule has 0 aliphatic heterocycles. The summed E-state index contributed by atoms with van der Waals surface area (Å²) in [5.74, 6) is 5.10. The molecule has 0 aromatic carbocycles. The fourth-order valence-corrected chi connectivity index (χ4v) is 1.41. The number of amides is 1. The average molecular weight is 273 g/mol. The number of halogens is 2. The van der Waals surface area contributed by atoms with Crippen LogP contribution in [0, 0.1) is 0 Å². The molecule has 1 heterocycles. The van der Waals surface area contributed by atoms with Crippen molar-refractivity contribution in [3.8, 4) is 0 Å². The number of hydrogen-bond acceptors (Lipinski definition) is 5. The number of hydrogen-bond donors (Lipinski definition) is 2. The zero-order valence-electron chi connectivity index (χ0n) is 11.0. The lowest BCUT2D eigenvalue weighted by molar-refractivity contribution is 0.0615. The maximum atomic E-state index is 12.3. The molecule has 1 rings (SSSR count). The first kappa shape index (κ1) is 15.2. The highest BCUT2D eigenvalue weighted by molar-refractivity contribution is 5.97. The Bertz CT molecular complexity index is 453. The third kappa shape index (κ3) is 3.82. The van der Waals surface area contributed by atoms with Gasteiger partial charge in [-0.2, -0.15) is 0 Å². The number of carbonyl (C=O) groups is 1. The van der Waals surface area contributed by atoms with Crippen molar-refractivity contribution in [3.63, 3.8) is 0 Å². The quantitative estimate of drug-likeness (QED) is 0.622. The molecule has 106 valence electrons. The van der Waals surface area contributed by atoms with Crippen LogP contribution in [-0.4, -0.2) is 40.8 Å². The van der Waals surface area contributed by atoms with Gasteiger partial charge in [0.1, 0.15) is 5.82 Å². The second-order valence-electron chi connectivity index (χ2n) is 4.37. The molecule has 3 N–H and O–H groups in total. The summed E-state index contributed by atoms with van der Waals surface area (Å²) in [6, 6.07) is 0. The molecule has 8 heteroatoms. The summed E-state index contributed by atoms with van der Waals surface area (Å²) in [6.45, 7) is 3.06. The molecule has 1 aromatic heterocycles. The molecule has 1 amide bonds. The Balaban J connectivity index is 3.08. The van der Waals surface area contributed by atoms with Crippen molar-refractivity contribution < 1.29 is 13.6 Å². The Labute approximate surface area is 110 Å². The third-order valence-electron chi connectivity index (χ3n) is 2.44. The summed E-state index contributed by atoms with van der Waals surface area (Å²) in [4.78, 5) is 21.1. The van der Waals surface area contributed by atoms with Gasteiger partial charge in [-0.25, -0.2) is 18.7 Å². The maximum Gasteiger partial charge on any atom is 0.274 e. The van der Waals surface area contributed by atoms with E-state index in [4.69, 9.17) is 5.84 Å². The SMILES string of the molecule is CC(C)c1ncc(NN)c(C(=O)N(C)CC(F)F)n1. The molecule has 0 saturated heterocycles. The second-order valence-corrected chi connectivity index (χ2v) is 4.37. The first-order valence-corrected chi connectivity index (χ1v) is 5.74. The number of aromatic nitrogens is 2. The lowest BCUT2D eigenvalue weighted by Gasteiger charge is -2.18. The van der Waals surface area contributed by atoms with Crippen molar-refractivity contribution in [2.45, 2.75) is 26.2 Å². The molecule has 0 spiro atoms. The number of carbonyl (C=O) groups excluding carboxylic acids is 1. The molecule has 1 aromatic rings. The van der Waals surface area contributed by atoms with E-state index >= 15 is 0 Å². The molecule has 0 unspecified atom stereocenters. The summed E-state index contributed by atoms with van der Waals surface area (Å²) >= 11 is 0. The van der Waals surface area contributed by atoms with E-state index in [1.165, 1.54) is 13.2 Å². The van der Waals surface area contributed by atoms with Gasteiger partial charge < -0.3 is 10.3 Å². The van der Waals surface area contributed by atoms with Crippen LogP contribution in [0.4, 0.5) is 14.5 Å². The largest absolute Gasteiger partial charge is 0.335 e. The van der Waals surface area contributed by atoms with Crippen molar-refractivity contribution in [1.82, 2.24) is 14.9 Å². The van der Waals surface area contributed by atoms with Crippen LogP contribution in [-0.2, 0) is 0 Å². The van der Waals surface area contributed by atoms with Crippen LogP contribution < -0.4 is 11.3 Å². The smallest absolute Gasteiger partial charge is 0.274 e. The monoisotopic (exact) mass is 273 g/mol. The van der Waals surface area contributed by atoms with E-state index in [9.17, 15) is 13.6 Å². The fourth-order valence-electron chi connectivity index (χ4n) is 1.41. The number of hydrazine groups is 1. The summed E-state index contributed by atoms with van der Waals surface area (Å²) in [7, 11) is 1.28. The van der Waals surface area contributed by atoms with Gasteiger partial charge in [0.05, 0.1) is 18.4 Å². The van der Waals surface area contributed by atoms with Gasteiger partial charge in [0.2, 0.25) is 0 Å². The predicted molar refractivity (Wildman–Crippen MR) is 66.9 cm³/mol. The van der Waals surface area contributed by atoms with E-state index in [0.29, 0.717) is 5.82 Å². The van der Waals surface area contributed by atoms with Crippen LogP contribution in [0.25, 0.3) is 0 Å². The number of nitrogens with one attached hydrogen (secondary N) is 1. The minimum Gasteiger partial charge on any atom is -0.335 e. The van der Waals surface area contributed by atoms with Gasteiger partial charge in [0, 0.05) is 13.0 Å². The molecule has 19 heavy (non-hydrogen) atoms. The highest BCUT2D eigenvalue weighted by Crippen LogP contribution is 2.17. The zero-order valence-corrected chi connectivity index (χ0v) is 11.0. The fraction of sp³-hybridized carbons (Fsp3) is 0.545. The highest BCUT2D eigenvalue weighted by atomic mass is 19.3. The molecule has 0 atom stereocenters. The van der Waals surface area contributed by atoms with Crippen LogP contribution in [0.2, 0.25) is 0 Å². The normalized spacial score (nSPS) is 10.9. The number of nitrogen functional groups attached to an aromatic ring is 1. The molecular formula is C11H17F2N5O. The Morgan fingerprint density at radius 3 is 2.63 bits per heavy atom. The van der Waals surface area contributed by atoms with E-state index in [1.54, 1.807) is 0 Å². The van der Waals surface area contributed by atoms with Crippen LogP contribution in [0.5, 0.6) is 0 Å². The molecule has 0 radical (unpaired) electrons. The van der Waals surface area contributed by atoms with Gasteiger partial charge in [0.25, 0.3) is 12.3 Å². The second kappa shape index (κ2) is 6.37. The Hall–Kier alpha value is -1.83. The third-order valence-corrected chi connectivity index (χ3v) is 2.44. The Morgan fingerprint density at radius 2 is 2.16 bits per heavy atom. The van der Waals surface area contributed by atoms with Crippen molar-refractivity contribution in [2.75, 3.05) is 19.0 Å². The van der Waals surface area contributed by atoms with Gasteiger partial charge in [0.15, 0.2) is 5.69 Å². The molecule has 0 aliphatic carbocycles. The van der Waals surface area contributed by atoms with Crippen LogP contribution in [0.1, 0.15) is 36.1 Å². The number of alkyl halides is 2. The maximum absolute atomic E-state index is 12.3. The summed E-state index contributed by atoms with van der Waals surface area (Å²) in [6.07, 6.45) is -1.24. The number of anilines is 1. The van der Waals surface area contributed by atoms with E-state index in [-0.39, 0.29) is 17.3 Å². The number of nitrogens with two attached hydrogens (primary N) is 1. The summed E-state index contributed by atoms with van der Waals surface area (Å²) in [5, 5.41) is 0. The van der Waals surface area contributed by atoms with Crippen LogP contribution in [0.3, 0.4) is 0 Å². The molecule has 0 fully saturated rings. The first-order valence-electron chi connectivity index (χ1n) is 5.74. The Kier molecular flexibility index (Phi) is 5.11. The van der Waals surface area contributed by atoms with E-state index in [0.717, 1.165) is 4.90 Å². The van der Waals surface area contributed by atoms with E-state index in [2.05, 4.69) is 15.4 Å². The minimum absolute atomic E-state index is 0.00986. The topological polar surface area (TPSA) is 84.1 Å². The Morgan fingerprint density at radius 1 is 1.53 bits per heavy atom. The standard InChI is InChI=1S/C11H17F2N5O/c1-6(2)10-15-4-7(17-14)9(16-10)11(19)18(3)5-8(12)13/h4,6,8,17H,5,14H2,1-3H3. The lowest BCUT2D eigenvalue weighted by Crippen LogP contribution is -2.33. The van der Waals surface area contributed by atoms with Gasteiger partial charge in [-0.15, -0.1) is 0 Å². The zero-order chi connectivity index (χ0) is 14.6. The lowest BCUT2D eigenvalue weighted by atomic mass is 10.2. The molecule has 0 aliphatic rings. The summed E-state index contributed by atoms with van der Waals surface area (Å²) in [5.41, 5.74) is 2.49. The number of rotatable bonds is 5. The van der Waals surface area contributed by atoms with E-state index < -0.39 is 18.9 Å². The molecule has 0 saturated carbocycles. The van der Waals surface area contributed by atoms with Crippen LogP contribution >= 0.6 is 0 Å². The van der Waals surface area contributed by atoms with Crippen molar-refractivity contribution in [3.05, 3.63) is 17.7 Å². The highest BCUT2D eigenvalue weighted by Gasteiger charge is 2.21. The summed E-state index contributed by atoms with van der Waals surface area (Å²) < 4.78 is 24.6. The predicted octanol–water partition coefficient (Wildman–Crippen LogP) is 1.22. The van der Waals surface area contributed by atoms with Gasteiger partial charge in [-0.1, -0.05) is 13.8 Å². The van der Waals surface area contributed by atoms with Crippen molar-refractivity contribution in [2.24, 2.45) is 5.84 Å². The minimum atomic E-state index is -2.60. The first-order chi connectivity index (χ1) is 8.86. The van der Waals surface area contributed by atoms with E-state index in [1.807, 2.05) is 13.8 Å². The van der Waals surface area contributed by atoms with Crippen molar-refractivity contribution in [1.29, 1.82) is 0 Å². The molecular weight excluding hydrogens is 256 g/mol. The number of nitrogens with zero attached hydrogens (tertiary/aromatic N) is 3.